The van der Waals surface area contributed by atoms with Crippen molar-refractivity contribution in [3.8, 4) is 33.4 Å². The number of phenols is 1. The number of likely N-dealkylation sites (tertiary alicyclic amines) is 2. The molecule has 0 unspecified atom stereocenters. The lowest BCUT2D eigenvalue weighted by Gasteiger charge is -2.35. The molecule has 0 radical (unpaired) electrons. The zero-order chi connectivity index (χ0) is 28.7. The van der Waals surface area contributed by atoms with Crippen LogP contribution in [0.1, 0.15) is 32.8 Å². The molecule has 3 heterocycles. The van der Waals surface area contributed by atoms with E-state index < -0.39 is 5.60 Å². The van der Waals surface area contributed by atoms with Gasteiger partial charge in [0.1, 0.15) is 29.5 Å². The second-order valence-electron chi connectivity index (χ2n) is 11.9. The van der Waals surface area contributed by atoms with Gasteiger partial charge < -0.3 is 24.2 Å². The predicted octanol–water partition coefficient (Wildman–Crippen LogP) is 7.45. The first-order valence-electron chi connectivity index (χ1n) is 14.1. The number of nitrogens with zero attached hydrogens (tertiary/aromatic N) is 2. The lowest BCUT2D eigenvalue weighted by atomic mass is 10.1. The van der Waals surface area contributed by atoms with E-state index >= 15 is 0 Å². The molecular formula is C33H36N2O5S. The maximum Gasteiger partial charge on any atom is 0.410 e. The van der Waals surface area contributed by atoms with E-state index in [9.17, 15) is 9.90 Å². The van der Waals surface area contributed by atoms with Gasteiger partial charge >= 0.3 is 6.09 Å². The van der Waals surface area contributed by atoms with Crippen molar-refractivity contribution in [3.05, 3.63) is 72.3 Å². The van der Waals surface area contributed by atoms with Gasteiger partial charge in [0.2, 0.25) is 0 Å². The second kappa shape index (κ2) is 10.9. The molecule has 2 atom stereocenters. The van der Waals surface area contributed by atoms with Crippen molar-refractivity contribution in [3.63, 3.8) is 0 Å². The third-order valence-electron chi connectivity index (χ3n) is 7.61. The van der Waals surface area contributed by atoms with Crippen LogP contribution in [0.3, 0.4) is 0 Å². The van der Waals surface area contributed by atoms with E-state index in [-0.39, 0.29) is 17.9 Å². The highest BCUT2D eigenvalue weighted by Crippen LogP contribution is 2.47. The van der Waals surface area contributed by atoms with Crippen LogP contribution in [0, 0.1) is 6.92 Å². The molecule has 214 valence electrons. The summed E-state index contributed by atoms with van der Waals surface area (Å²) in [5.74, 6) is 2.53. The van der Waals surface area contributed by atoms with E-state index in [0.717, 1.165) is 57.3 Å². The molecule has 2 aliphatic rings. The molecule has 2 bridgehead atoms. The number of ether oxygens (including phenoxy) is 3. The topological polar surface area (TPSA) is 71.5 Å². The molecule has 1 amide bonds. The van der Waals surface area contributed by atoms with Gasteiger partial charge in [-0.3, -0.25) is 4.90 Å². The fourth-order valence-corrected chi connectivity index (χ4v) is 6.80. The van der Waals surface area contributed by atoms with Gasteiger partial charge in [-0.25, -0.2) is 4.79 Å². The molecule has 0 aliphatic carbocycles. The molecule has 1 N–H and O–H groups in total. The molecule has 8 heteroatoms. The number of aryl methyl sites for hydroxylation is 1. The van der Waals surface area contributed by atoms with Gasteiger partial charge in [-0.1, -0.05) is 29.8 Å². The van der Waals surface area contributed by atoms with E-state index in [1.165, 1.54) is 5.56 Å². The number of hydrogen-bond acceptors (Lipinski definition) is 7. The standard InChI is InChI=1S/C33H36N2O5S/c1-21-5-7-22(8-6-21)31-30(28-14-9-25(36)18-29(28)41-31)39-27-12-10-26(11-13-27)38-16-15-34-19-24-17-23(34)20-35(24)32(37)40-33(2,3)4/h5-14,18,23-24,36H,15-17,19-20H2,1-4H3/t23-,24-/m0/s1. The largest absolute Gasteiger partial charge is 0.508 e. The summed E-state index contributed by atoms with van der Waals surface area (Å²) in [6.07, 6.45) is 0.787. The van der Waals surface area contributed by atoms with Crippen molar-refractivity contribution < 1.29 is 24.1 Å². The molecular weight excluding hydrogens is 536 g/mol. The van der Waals surface area contributed by atoms with E-state index in [2.05, 4.69) is 36.1 Å². The average Bonchev–Trinajstić information content (AvgIpc) is 3.62. The van der Waals surface area contributed by atoms with Gasteiger partial charge in [-0.05, 0) is 82.1 Å². The fraction of sp³-hybridized carbons (Fsp3) is 0.364. The Morgan fingerprint density at radius 1 is 0.976 bits per heavy atom. The Hall–Kier alpha value is -3.75. The van der Waals surface area contributed by atoms with Crippen molar-refractivity contribution in [2.75, 3.05) is 26.2 Å². The predicted molar refractivity (Wildman–Crippen MR) is 162 cm³/mol. The van der Waals surface area contributed by atoms with Crippen molar-refractivity contribution in [1.82, 2.24) is 9.80 Å². The highest BCUT2D eigenvalue weighted by atomic mass is 32.1. The Bertz CT molecular complexity index is 1540. The summed E-state index contributed by atoms with van der Waals surface area (Å²) in [7, 11) is 0. The molecule has 6 rings (SSSR count). The Morgan fingerprint density at radius 3 is 2.39 bits per heavy atom. The number of carbonyl (C=O) groups excluding carboxylic acids is 1. The van der Waals surface area contributed by atoms with Crippen molar-refractivity contribution in [2.45, 2.75) is 51.8 Å². The van der Waals surface area contributed by atoms with Crippen molar-refractivity contribution >= 4 is 27.5 Å². The maximum absolute atomic E-state index is 12.5. The summed E-state index contributed by atoms with van der Waals surface area (Å²) >= 11 is 1.61. The van der Waals surface area contributed by atoms with Crippen LogP contribution < -0.4 is 9.47 Å². The van der Waals surface area contributed by atoms with Gasteiger partial charge in [0, 0.05) is 41.8 Å². The van der Waals surface area contributed by atoms with E-state index in [4.69, 9.17) is 14.2 Å². The average molecular weight is 573 g/mol. The Morgan fingerprint density at radius 2 is 1.71 bits per heavy atom. The number of phenolic OH excluding ortho intramolecular Hbond substituents is 1. The van der Waals surface area contributed by atoms with Gasteiger partial charge in [0.05, 0.1) is 4.88 Å². The quantitative estimate of drug-likeness (QED) is 0.248. The first-order chi connectivity index (χ1) is 19.6. The zero-order valence-corrected chi connectivity index (χ0v) is 24.7. The summed E-state index contributed by atoms with van der Waals surface area (Å²) in [5.41, 5.74) is 1.80. The SMILES string of the molecule is Cc1ccc(-c2sc3cc(O)ccc3c2Oc2ccc(OCCN3C[C@@H]4C[C@H]3CN4C(=O)OC(C)(C)C)cc2)cc1. The molecule has 1 aromatic heterocycles. The van der Waals surface area contributed by atoms with Gasteiger partial charge in [-0.2, -0.15) is 0 Å². The van der Waals surface area contributed by atoms with Crippen LogP contribution >= 0.6 is 11.3 Å². The summed E-state index contributed by atoms with van der Waals surface area (Å²) in [6, 6.07) is 22.1. The van der Waals surface area contributed by atoms with Crippen molar-refractivity contribution in [2.24, 2.45) is 0 Å². The number of fused-ring (bicyclic) bond motifs is 3. The van der Waals surface area contributed by atoms with Crippen LogP contribution in [-0.2, 0) is 4.74 Å². The van der Waals surface area contributed by atoms with Crippen LogP contribution in [0.2, 0.25) is 0 Å². The summed E-state index contributed by atoms with van der Waals surface area (Å²) in [5, 5.41) is 11.0. The molecule has 0 spiro atoms. The molecule has 2 saturated heterocycles. The molecule has 7 nitrogen and oxygen atoms in total. The number of aromatic hydroxyl groups is 1. The maximum atomic E-state index is 12.5. The van der Waals surface area contributed by atoms with E-state index in [1.807, 2.05) is 56.0 Å². The van der Waals surface area contributed by atoms with Crippen LogP contribution in [0.4, 0.5) is 4.79 Å². The lowest BCUT2D eigenvalue weighted by Crippen LogP contribution is -2.50. The van der Waals surface area contributed by atoms with E-state index in [0.29, 0.717) is 19.2 Å². The minimum absolute atomic E-state index is 0.206. The highest BCUT2D eigenvalue weighted by Gasteiger charge is 2.46. The smallest absolute Gasteiger partial charge is 0.410 e. The lowest BCUT2D eigenvalue weighted by molar-refractivity contribution is 0.0122. The number of amides is 1. The summed E-state index contributed by atoms with van der Waals surface area (Å²) in [6.45, 7) is 10.7. The third kappa shape index (κ3) is 5.99. The number of hydrogen-bond donors (Lipinski definition) is 1. The van der Waals surface area contributed by atoms with Crippen molar-refractivity contribution in [1.29, 1.82) is 0 Å². The minimum Gasteiger partial charge on any atom is -0.508 e. The number of carbonyl (C=O) groups is 1. The number of rotatable bonds is 7. The fourth-order valence-electron chi connectivity index (χ4n) is 5.63. The van der Waals surface area contributed by atoms with E-state index in [1.54, 1.807) is 23.5 Å². The second-order valence-corrected chi connectivity index (χ2v) is 13.0. The minimum atomic E-state index is -0.474. The highest BCUT2D eigenvalue weighted by molar-refractivity contribution is 7.22. The summed E-state index contributed by atoms with van der Waals surface area (Å²) < 4.78 is 19.1. The number of piperazine rings is 1. The van der Waals surface area contributed by atoms with Gasteiger partial charge in [-0.15, -0.1) is 11.3 Å². The zero-order valence-electron chi connectivity index (χ0n) is 23.9. The van der Waals surface area contributed by atoms with Crippen LogP contribution in [0.5, 0.6) is 23.0 Å². The first-order valence-corrected chi connectivity index (χ1v) is 14.9. The molecule has 3 aromatic carbocycles. The normalized spacial score (nSPS) is 18.7. The van der Waals surface area contributed by atoms with Gasteiger partial charge in [0.15, 0.2) is 5.75 Å². The third-order valence-corrected chi connectivity index (χ3v) is 8.80. The Kier molecular flexibility index (Phi) is 7.30. The number of benzene rings is 3. The molecule has 0 saturated carbocycles. The molecule has 2 aliphatic heterocycles. The van der Waals surface area contributed by atoms with Crippen LogP contribution in [-0.4, -0.2) is 64.9 Å². The van der Waals surface area contributed by atoms with Crippen LogP contribution in [0.15, 0.2) is 66.7 Å². The number of thiophene rings is 1. The molecule has 41 heavy (non-hydrogen) atoms. The molecule has 4 aromatic rings. The monoisotopic (exact) mass is 572 g/mol. The molecule has 2 fully saturated rings. The Labute approximate surface area is 244 Å². The Balaban J connectivity index is 1.07. The first kappa shape index (κ1) is 27.4. The van der Waals surface area contributed by atoms with Gasteiger partial charge in [0.25, 0.3) is 0 Å². The van der Waals surface area contributed by atoms with Crippen LogP contribution in [0.25, 0.3) is 20.5 Å². The summed E-state index contributed by atoms with van der Waals surface area (Å²) in [4.78, 5) is 17.8.